The summed E-state index contributed by atoms with van der Waals surface area (Å²) >= 11 is 0. The number of amides is 2. The Morgan fingerprint density at radius 3 is 2.20 bits per heavy atom. The molecule has 0 aromatic heterocycles. The minimum Gasteiger partial charge on any atom is -0.388 e. The molecule has 2 aromatic carbocycles. The maximum absolute atomic E-state index is 12.0. The highest BCUT2D eigenvalue weighted by Crippen LogP contribution is 2.20. The second-order valence-electron chi connectivity index (χ2n) is 4.21. The molecule has 4 N–H and O–H groups in total. The van der Waals surface area contributed by atoms with Gasteiger partial charge >= 0.3 is 6.03 Å². The van der Waals surface area contributed by atoms with Gasteiger partial charge in [0.2, 0.25) is 0 Å². The number of para-hydroxylation sites is 2. The van der Waals surface area contributed by atoms with Crippen molar-refractivity contribution in [1.29, 1.82) is 0 Å². The molecule has 0 heterocycles. The van der Waals surface area contributed by atoms with Crippen molar-refractivity contribution in [2.24, 2.45) is 0 Å². The Balaban J connectivity index is 2.05. The van der Waals surface area contributed by atoms with Crippen molar-refractivity contribution in [1.82, 2.24) is 0 Å². The Bertz CT molecular complexity index is 598. The van der Waals surface area contributed by atoms with E-state index in [2.05, 4.69) is 21.3 Å². The molecule has 0 unspecified atom stereocenters. The first-order chi connectivity index (χ1) is 9.72. The lowest BCUT2D eigenvalue weighted by atomic mass is 10.2. The molecule has 0 atom stereocenters. The van der Waals surface area contributed by atoms with E-state index in [9.17, 15) is 4.79 Å². The van der Waals surface area contributed by atoms with Gasteiger partial charge in [-0.3, -0.25) is 0 Å². The highest BCUT2D eigenvalue weighted by molar-refractivity contribution is 6.01. The predicted octanol–water partition coefficient (Wildman–Crippen LogP) is 3.41. The minimum absolute atomic E-state index is 0.277. The van der Waals surface area contributed by atoms with Crippen molar-refractivity contribution in [2.75, 3.05) is 35.4 Å². The third kappa shape index (κ3) is 3.41. The zero-order valence-corrected chi connectivity index (χ0v) is 11.5. The lowest BCUT2D eigenvalue weighted by Gasteiger charge is -2.12. The third-order valence-corrected chi connectivity index (χ3v) is 2.85. The van der Waals surface area contributed by atoms with E-state index in [0.717, 1.165) is 22.7 Å². The van der Waals surface area contributed by atoms with Crippen LogP contribution in [0, 0.1) is 0 Å². The maximum atomic E-state index is 12.0. The molecule has 2 amide bonds. The number of hydrogen-bond acceptors (Lipinski definition) is 3. The zero-order valence-electron chi connectivity index (χ0n) is 11.5. The molecule has 5 nitrogen and oxygen atoms in total. The van der Waals surface area contributed by atoms with E-state index in [1.165, 1.54) is 0 Å². The summed E-state index contributed by atoms with van der Waals surface area (Å²) in [6.45, 7) is 0. The lowest BCUT2D eigenvalue weighted by Crippen LogP contribution is -2.20. The van der Waals surface area contributed by atoms with Crippen LogP contribution in [0.5, 0.6) is 0 Å². The average molecular weight is 270 g/mol. The molecule has 0 saturated carbocycles. The quantitative estimate of drug-likeness (QED) is 0.688. The van der Waals surface area contributed by atoms with Crippen LogP contribution in [0.2, 0.25) is 0 Å². The molecule has 0 bridgehead atoms. The zero-order chi connectivity index (χ0) is 14.4. The largest absolute Gasteiger partial charge is 0.388 e. The molecule has 0 aliphatic rings. The monoisotopic (exact) mass is 270 g/mol. The molecule has 2 rings (SSSR count). The van der Waals surface area contributed by atoms with E-state index in [1.807, 2.05) is 62.6 Å². The Kier molecular flexibility index (Phi) is 4.44. The van der Waals surface area contributed by atoms with Gasteiger partial charge in [-0.05, 0) is 30.3 Å². The molecule has 5 heteroatoms. The van der Waals surface area contributed by atoms with E-state index >= 15 is 0 Å². The summed E-state index contributed by atoms with van der Waals surface area (Å²) in [4.78, 5) is 12.0. The van der Waals surface area contributed by atoms with Crippen molar-refractivity contribution >= 4 is 28.8 Å². The Morgan fingerprint density at radius 2 is 1.50 bits per heavy atom. The van der Waals surface area contributed by atoms with Crippen molar-refractivity contribution in [3.8, 4) is 0 Å². The maximum Gasteiger partial charge on any atom is 0.323 e. The fourth-order valence-corrected chi connectivity index (χ4v) is 1.85. The number of nitrogens with one attached hydrogen (secondary N) is 4. The lowest BCUT2D eigenvalue weighted by molar-refractivity contribution is 0.262. The van der Waals surface area contributed by atoms with Crippen LogP contribution in [0.1, 0.15) is 0 Å². The van der Waals surface area contributed by atoms with Crippen LogP contribution in [0.25, 0.3) is 0 Å². The normalized spacial score (nSPS) is 9.70. The summed E-state index contributed by atoms with van der Waals surface area (Å²) in [5.74, 6) is 0. The summed E-state index contributed by atoms with van der Waals surface area (Å²) in [5, 5.41) is 11.7. The fourth-order valence-electron chi connectivity index (χ4n) is 1.85. The van der Waals surface area contributed by atoms with Crippen LogP contribution in [-0.4, -0.2) is 20.1 Å². The molecule has 20 heavy (non-hydrogen) atoms. The molecule has 0 spiro atoms. The molecule has 0 fully saturated rings. The second kappa shape index (κ2) is 6.47. The SMILES string of the molecule is CNc1cccc(NC(=O)Nc2ccccc2NC)c1. The predicted molar refractivity (Wildman–Crippen MR) is 84.6 cm³/mol. The van der Waals surface area contributed by atoms with E-state index in [-0.39, 0.29) is 6.03 Å². The number of hydrogen-bond donors (Lipinski definition) is 4. The highest BCUT2D eigenvalue weighted by atomic mass is 16.2. The third-order valence-electron chi connectivity index (χ3n) is 2.85. The van der Waals surface area contributed by atoms with Crippen LogP contribution >= 0.6 is 0 Å². The van der Waals surface area contributed by atoms with Gasteiger partial charge in [0.05, 0.1) is 11.4 Å². The van der Waals surface area contributed by atoms with Crippen LogP contribution in [0.4, 0.5) is 27.5 Å². The molecule has 2 aromatic rings. The van der Waals surface area contributed by atoms with Gasteiger partial charge in [0.15, 0.2) is 0 Å². The highest BCUT2D eigenvalue weighted by Gasteiger charge is 2.05. The number of carbonyl (C=O) groups excluding carboxylic acids is 1. The van der Waals surface area contributed by atoms with E-state index in [0.29, 0.717) is 0 Å². The number of rotatable bonds is 4. The van der Waals surface area contributed by atoms with E-state index in [4.69, 9.17) is 0 Å². The molecule has 0 aliphatic heterocycles. The summed E-state index contributed by atoms with van der Waals surface area (Å²) in [7, 11) is 3.65. The Hall–Kier alpha value is -2.69. The first-order valence-electron chi connectivity index (χ1n) is 6.35. The van der Waals surface area contributed by atoms with Gasteiger partial charge < -0.3 is 21.3 Å². The standard InChI is InChI=1S/C15H18N4O/c1-16-11-6-5-7-12(10-11)18-15(20)19-14-9-4-3-8-13(14)17-2/h3-10,16-17H,1-2H3,(H2,18,19,20). The minimum atomic E-state index is -0.277. The van der Waals surface area contributed by atoms with Crippen LogP contribution in [-0.2, 0) is 0 Å². The molecular formula is C15H18N4O. The molecule has 0 aliphatic carbocycles. The van der Waals surface area contributed by atoms with E-state index in [1.54, 1.807) is 0 Å². The number of benzene rings is 2. The number of carbonyl (C=O) groups is 1. The average Bonchev–Trinajstić information content (AvgIpc) is 2.48. The number of anilines is 4. The van der Waals surface area contributed by atoms with Crippen LogP contribution in [0.15, 0.2) is 48.5 Å². The summed E-state index contributed by atoms with van der Waals surface area (Å²) in [6.07, 6.45) is 0. The van der Waals surface area contributed by atoms with Crippen LogP contribution in [0.3, 0.4) is 0 Å². The second-order valence-corrected chi connectivity index (χ2v) is 4.21. The fraction of sp³-hybridized carbons (Fsp3) is 0.133. The summed E-state index contributed by atoms with van der Waals surface area (Å²) < 4.78 is 0. The van der Waals surface area contributed by atoms with Gasteiger partial charge in [0.25, 0.3) is 0 Å². The van der Waals surface area contributed by atoms with Gasteiger partial charge in [-0.15, -0.1) is 0 Å². The van der Waals surface area contributed by atoms with Gasteiger partial charge in [-0.2, -0.15) is 0 Å². The van der Waals surface area contributed by atoms with E-state index < -0.39 is 0 Å². The Labute approximate surface area is 118 Å². The van der Waals surface area contributed by atoms with Crippen molar-refractivity contribution < 1.29 is 4.79 Å². The topological polar surface area (TPSA) is 65.2 Å². The molecular weight excluding hydrogens is 252 g/mol. The molecule has 0 radical (unpaired) electrons. The molecule has 104 valence electrons. The van der Waals surface area contributed by atoms with Crippen molar-refractivity contribution in [2.45, 2.75) is 0 Å². The Morgan fingerprint density at radius 1 is 0.800 bits per heavy atom. The van der Waals surface area contributed by atoms with Gasteiger partial charge in [-0.1, -0.05) is 18.2 Å². The van der Waals surface area contributed by atoms with Crippen LogP contribution < -0.4 is 21.3 Å². The van der Waals surface area contributed by atoms with Gasteiger partial charge in [0, 0.05) is 25.5 Å². The smallest absolute Gasteiger partial charge is 0.323 e. The molecule has 0 saturated heterocycles. The van der Waals surface area contributed by atoms with Crippen molar-refractivity contribution in [3.63, 3.8) is 0 Å². The first-order valence-corrected chi connectivity index (χ1v) is 6.35. The van der Waals surface area contributed by atoms with Gasteiger partial charge in [-0.25, -0.2) is 4.79 Å². The van der Waals surface area contributed by atoms with Gasteiger partial charge in [0.1, 0.15) is 0 Å². The van der Waals surface area contributed by atoms with Crippen molar-refractivity contribution in [3.05, 3.63) is 48.5 Å². The number of urea groups is 1. The summed E-state index contributed by atoms with van der Waals surface area (Å²) in [6, 6.07) is 14.8. The first kappa shape index (κ1) is 13.7. The summed E-state index contributed by atoms with van der Waals surface area (Å²) in [5.41, 5.74) is 3.28.